The molecule has 4 atom stereocenters. The summed E-state index contributed by atoms with van der Waals surface area (Å²) < 4.78 is 84.3. The summed E-state index contributed by atoms with van der Waals surface area (Å²) in [5.41, 5.74) is -1.63. The number of terminal acetylenes is 1. The number of anilines is 1. The molecule has 1 aliphatic carbocycles. The van der Waals surface area contributed by atoms with Crippen LogP contribution in [0.25, 0.3) is 22.3 Å². The van der Waals surface area contributed by atoms with Crippen molar-refractivity contribution in [2.75, 3.05) is 37.7 Å². The number of sulfonamides is 1. The summed E-state index contributed by atoms with van der Waals surface area (Å²) in [6.45, 7) is 2.05. The molecule has 4 saturated heterocycles. The number of halogens is 3. The van der Waals surface area contributed by atoms with Crippen LogP contribution in [0.5, 0.6) is 11.8 Å². The lowest BCUT2D eigenvalue weighted by molar-refractivity contribution is 0.107. The van der Waals surface area contributed by atoms with Crippen molar-refractivity contribution >= 4 is 38.1 Å². The van der Waals surface area contributed by atoms with Crippen LogP contribution < -0.4 is 15.0 Å². The van der Waals surface area contributed by atoms with Crippen LogP contribution in [-0.4, -0.2) is 95.3 Å². The van der Waals surface area contributed by atoms with Gasteiger partial charge in [0.05, 0.1) is 16.8 Å². The molecule has 3 aromatic rings. The Bertz CT molecular complexity index is 2090. The van der Waals surface area contributed by atoms with Crippen LogP contribution in [0.2, 0.25) is 0 Å². The van der Waals surface area contributed by atoms with Crippen LogP contribution >= 0.6 is 0 Å². The van der Waals surface area contributed by atoms with Gasteiger partial charge in [-0.15, -0.1) is 6.42 Å². The number of benzene rings is 2. The fourth-order valence-electron chi connectivity index (χ4n) is 8.81. The van der Waals surface area contributed by atoms with Crippen molar-refractivity contribution in [2.24, 2.45) is 0 Å². The first-order chi connectivity index (χ1) is 23.6. The summed E-state index contributed by atoms with van der Waals surface area (Å²) in [4.78, 5) is 12.7. The van der Waals surface area contributed by atoms with E-state index < -0.39 is 45.1 Å². The number of ether oxygens (including phenoxy) is 1. The molecule has 3 unspecified atom stereocenters. The molecule has 0 spiro atoms. The van der Waals surface area contributed by atoms with E-state index in [0.29, 0.717) is 44.3 Å². The van der Waals surface area contributed by atoms with Crippen LogP contribution in [0, 0.1) is 18.2 Å². The molecule has 10 nitrogen and oxygen atoms in total. The Kier molecular flexibility index (Phi) is 6.93. The lowest BCUT2D eigenvalue weighted by atomic mass is 9.95. The minimum atomic E-state index is -4.52. The van der Waals surface area contributed by atoms with E-state index in [9.17, 15) is 17.9 Å². The summed E-state index contributed by atoms with van der Waals surface area (Å²) >= 11 is 0. The van der Waals surface area contributed by atoms with Gasteiger partial charge in [-0.2, -0.15) is 9.97 Å². The molecule has 6 aliphatic rings. The number of nitrogens with one attached hydrogen (secondary N) is 1. The third kappa shape index (κ3) is 4.80. The molecule has 9 rings (SSSR count). The molecular weight excluding hydrogens is 657 g/mol. The normalized spacial score (nSPS) is 29.0. The van der Waals surface area contributed by atoms with Gasteiger partial charge in [0.25, 0.3) is 10.0 Å². The largest absolute Gasteiger partial charge is 0.508 e. The number of hydrogen-bond acceptors (Lipinski definition) is 9. The van der Waals surface area contributed by atoms with Crippen LogP contribution in [0.3, 0.4) is 0 Å². The van der Waals surface area contributed by atoms with Crippen LogP contribution in [0.1, 0.15) is 61.8 Å². The monoisotopic (exact) mass is 692 g/mol. The molecule has 5 fully saturated rings. The fourth-order valence-corrected chi connectivity index (χ4v) is 10.8. The summed E-state index contributed by atoms with van der Waals surface area (Å²) in [5, 5.41) is 14.7. The van der Waals surface area contributed by atoms with Gasteiger partial charge in [0, 0.05) is 55.1 Å². The number of aromatic hydroxyl groups is 1. The van der Waals surface area contributed by atoms with Crippen LogP contribution in [0.4, 0.5) is 19.0 Å². The quantitative estimate of drug-likeness (QED) is 0.366. The van der Waals surface area contributed by atoms with Crippen molar-refractivity contribution in [1.29, 1.82) is 0 Å². The van der Waals surface area contributed by atoms with Gasteiger partial charge in [0.2, 0.25) is 0 Å². The first-order valence-corrected chi connectivity index (χ1v) is 18.3. The highest BCUT2D eigenvalue weighted by atomic mass is 32.2. The standard InChI is InChI=1S/C35H35F3N6O4S/c1-2-25-27(37)9-4-19-12-24(45)13-26(28(19)25)31-29(38)30-32(49(46,47)44(31)23-7-8-23)33(42-16-21-5-6-22(17-42)39-21)41-34(40-30)48-18-35-10-3-11-43(35)15-20(36)14-35/h1,4,9,12-13,20-23,39,45H,3,5-8,10-11,14-18H2/t20?,21?,22?,35-/m0/s1. The number of alkyl halides is 1. The average molecular weight is 693 g/mol. The number of fused-ring (bicyclic) bond motifs is 5. The Hall–Kier alpha value is -4.06. The molecule has 256 valence electrons. The zero-order chi connectivity index (χ0) is 33.8. The van der Waals surface area contributed by atoms with Crippen molar-refractivity contribution in [3.63, 3.8) is 0 Å². The van der Waals surface area contributed by atoms with E-state index in [1.165, 1.54) is 18.2 Å². The number of hydrogen-bond donors (Lipinski definition) is 2. The molecule has 14 heteroatoms. The minimum Gasteiger partial charge on any atom is -0.508 e. The second-order valence-corrected chi connectivity index (χ2v) is 16.0. The van der Waals surface area contributed by atoms with Crippen LogP contribution in [-0.2, 0) is 10.0 Å². The number of aromatic nitrogens is 2. The van der Waals surface area contributed by atoms with Gasteiger partial charge >= 0.3 is 6.01 Å². The van der Waals surface area contributed by atoms with E-state index in [0.717, 1.165) is 42.6 Å². The fraction of sp³-hybridized carbons (Fsp3) is 0.486. The second kappa shape index (κ2) is 11.0. The van der Waals surface area contributed by atoms with Gasteiger partial charge in [0.1, 0.15) is 30.0 Å². The van der Waals surface area contributed by atoms with E-state index in [1.54, 1.807) is 0 Å². The SMILES string of the molecule is C#Cc1c(F)ccc2cc(O)cc(C3=C(F)c4nc(OC[C@@]56CCCN5CC(F)C6)nc(N5CC6CCC(C5)N6)c4S(=O)(=O)N3C3CC3)c12. The van der Waals surface area contributed by atoms with Gasteiger partial charge in [-0.25, -0.2) is 21.6 Å². The van der Waals surface area contributed by atoms with Gasteiger partial charge in [-0.1, -0.05) is 12.0 Å². The highest BCUT2D eigenvalue weighted by Crippen LogP contribution is 2.52. The smallest absolute Gasteiger partial charge is 0.319 e. The topological polar surface area (TPSA) is 111 Å². The maximum absolute atomic E-state index is 17.5. The molecule has 1 saturated carbocycles. The molecule has 5 aliphatic heterocycles. The maximum Gasteiger partial charge on any atom is 0.319 e. The maximum atomic E-state index is 17.5. The first kappa shape index (κ1) is 31.0. The number of piperazine rings is 1. The molecular formula is C35H35F3N6O4S. The van der Waals surface area contributed by atoms with Crippen molar-refractivity contribution in [3.05, 3.63) is 46.9 Å². The van der Waals surface area contributed by atoms with E-state index in [-0.39, 0.29) is 63.4 Å². The second-order valence-electron chi connectivity index (χ2n) is 14.3. The third-order valence-electron chi connectivity index (χ3n) is 11.1. The van der Waals surface area contributed by atoms with Gasteiger partial charge in [-0.05, 0) is 68.7 Å². The Labute approximate surface area is 282 Å². The van der Waals surface area contributed by atoms with Gasteiger partial charge in [-0.3, -0.25) is 9.21 Å². The third-order valence-corrected chi connectivity index (χ3v) is 12.9. The summed E-state index contributed by atoms with van der Waals surface area (Å²) in [6.07, 6.45) is 9.45. The van der Waals surface area contributed by atoms with E-state index in [1.807, 2.05) is 4.90 Å². The molecule has 0 radical (unpaired) electrons. The summed E-state index contributed by atoms with van der Waals surface area (Å²) in [7, 11) is -4.52. The van der Waals surface area contributed by atoms with E-state index in [4.69, 9.17) is 11.2 Å². The van der Waals surface area contributed by atoms with Crippen molar-refractivity contribution < 1.29 is 31.4 Å². The average Bonchev–Trinajstić information content (AvgIpc) is 3.64. The predicted octanol–water partition coefficient (Wildman–Crippen LogP) is 4.31. The predicted molar refractivity (Wildman–Crippen MR) is 176 cm³/mol. The zero-order valence-corrected chi connectivity index (χ0v) is 27.4. The number of phenols is 1. The highest BCUT2D eigenvalue weighted by Gasteiger charge is 2.52. The van der Waals surface area contributed by atoms with E-state index >= 15 is 8.78 Å². The molecule has 49 heavy (non-hydrogen) atoms. The number of phenolic OH excluding ortho intramolecular Hbond substituents is 1. The Morgan fingerprint density at radius 2 is 1.88 bits per heavy atom. The highest BCUT2D eigenvalue weighted by molar-refractivity contribution is 7.89. The molecule has 2 bridgehead atoms. The zero-order valence-electron chi connectivity index (χ0n) is 26.6. The summed E-state index contributed by atoms with van der Waals surface area (Å²) in [5.74, 6) is 0.400. The lowest BCUT2D eigenvalue weighted by Gasteiger charge is -2.38. The molecule has 2 aromatic carbocycles. The van der Waals surface area contributed by atoms with Crippen LogP contribution in [0.15, 0.2) is 29.2 Å². The van der Waals surface area contributed by atoms with Crippen molar-refractivity contribution in [1.82, 2.24) is 24.5 Å². The molecule has 1 aromatic heterocycles. The van der Waals surface area contributed by atoms with Crippen molar-refractivity contribution in [2.45, 2.75) is 79.7 Å². The number of nitrogens with zero attached hydrogens (tertiary/aromatic N) is 5. The van der Waals surface area contributed by atoms with E-state index in [2.05, 4.69) is 26.1 Å². The molecule has 2 N–H and O–H groups in total. The molecule has 6 heterocycles. The minimum absolute atomic E-state index is 0.0601. The lowest BCUT2D eigenvalue weighted by Crippen LogP contribution is -2.52. The summed E-state index contributed by atoms with van der Waals surface area (Å²) in [6, 6.07) is 4.57. The Morgan fingerprint density at radius 1 is 1.10 bits per heavy atom. The van der Waals surface area contributed by atoms with Crippen molar-refractivity contribution in [3.8, 4) is 24.1 Å². The molecule has 0 amide bonds. The Balaban J connectivity index is 1.26. The van der Waals surface area contributed by atoms with Gasteiger partial charge < -0.3 is 20.1 Å². The van der Waals surface area contributed by atoms with Gasteiger partial charge in [0.15, 0.2) is 16.5 Å². The Morgan fingerprint density at radius 3 is 2.61 bits per heavy atom. The first-order valence-electron chi connectivity index (χ1n) is 16.9. The number of rotatable bonds is 6.